The number of sulfonamides is 1. The van der Waals surface area contributed by atoms with E-state index in [0.717, 1.165) is 39.1 Å². The Morgan fingerprint density at radius 2 is 2.10 bits per heavy atom. The summed E-state index contributed by atoms with van der Waals surface area (Å²) in [6, 6.07) is 1.40. The number of aromatic nitrogens is 1. The van der Waals surface area contributed by atoms with E-state index in [0.29, 0.717) is 11.6 Å². The minimum atomic E-state index is -3.51. The van der Waals surface area contributed by atoms with Gasteiger partial charge < -0.3 is 10.2 Å². The predicted octanol–water partition coefficient (Wildman–Crippen LogP) is 0.309. The second-order valence-electron chi connectivity index (χ2n) is 4.68. The first-order valence-corrected chi connectivity index (χ1v) is 8.47. The Morgan fingerprint density at radius 1 is 1.35 bits per heavy atom. The van der Waals surface area contributed by atoms with Crippen molar-refractivity contribution in [1.29, 1.82) is 0 Å². The largest absolute Gasteiger partial charge is 0.314 e. The number of hydrogen-bond donors (Lipinski definition) is 2. The molecule has 1 saturated heterocycles. The number of piperazine rings is 1. The Bertz CT molecular complexity index is 532. The molecule has 6 nitrogen and oxygen atoms in total. The summed E-state index contributed by atoms with van der Waals surface area (Å²) < 4.78 is 26.6. The van der Waals surface area contributed by atoms with Crippen LogP contribution in [0.15, 0.2) is 23.4 Å². The summed E-state index contributed by atoms with van der Waals surface area (Å²) in [6.45, 7) is 5.35. The molecule has 8 heteroatoms. The Balaban J connectivity index is 1.78. The quantitative estimate of drug-likeness (QED) is 0.738. The molecular formula is C12H19ClN4O2S. The molecular weight excluding hydrogens is 300 g/mol. The van der Waals surface area contributed by atoms with E-state index in [-0.39, 0.29) is 4.90 Å². The fraction of sp³-hybridized carbons (Fsp3) is 0.583. The van der Waals surface area contributed by atoms with Gasteiger partial charge in [0.15, 0.2) is 0 Å². The van der Waals surface area contributed by atoms with Gasteiger partial charge in [0.05, 0.1) is 5.02 Å². The molecule has 1 aliphatic heterocycles. The van der Waals surface area contributed by atoms with Gasteiger partial charge in [-0.15, -0.1) is 0 Å². The third-order valence-corrected chi connectivity index (χ3v) is 4.78. The van der Waals surface area contributed by atoms with Gasteiger partial charge in [-0.2, -0.15) is 0 Å². The first-order chi connectivity index (χ1) is 9.58. The molecule has 2 N–H and O–H groups in total. The fourth-order valence-corrected chi connectivity index (χ4v) is 3.37. The highest BCUT2D eigenvalue weighted by Crippen LogP contribution is 2.13. The summed E-state index contributed by atoms with van der Waals surface area (Å²) in [6.07, 6.45) is 3.49. The van der Waals surface area contributed by atoms with E-state index in [2.05, 4.69) is 19.9 Å². The van der Waals surface area contributed by atoms with E-state index in [1.807, 2.05) is 0 Å². The lowest BCUT2D eigenvalue weighted by atomic mass is 10.3. The SMILES string of the molecule is O=S(=O)(NCCCN1CCNCC1)c1cncc(Cl)c1. The van der Waals surface area contributed by atoms with Crippen LogP contribution in [0.25, 0.3) is 0 Å². The lowest BCUT2D eigenvalue weighted by Gasteiger charge is -2.27. The third-order valence-electron chi connectivity index (χ3n) is 3.14. The number of hydrogen-bond acceptors (Lipinski definition) is 5. The molecule has 0 atom stereocenters. The van der Waals surface area contributed by atoms with Crippen LogP contribution in [0.3, 0.4) is 0 Å². The van der Waals surface area contributed by atoms with Crippen LogP contribution in [-0.2, 0) is 10.0 Å². The molecule has 0 amide bonds. The van der Waals surface area contributed by atoms with Crippen LogP contribution in [0.1, 0.15) is 6.42 Å². The van der Waals surface area contributed by atoms with Crippen molar-refractivity contribution >= 4 is 21.6 Å². The van der Waals surface area contributed by atoms with Gasteiger partial charge in [-0.3, -0.25) is 4.98 Å². The maximum absolute atomic E-state index is 12.0. The van der Waals surface area contributed by atoms with E-state index < -0.39 is 10.0 Å². The van der Waals surface area contributed by atoms with Gasteiger partial charge in [0.1, 0.15) is 4.90 Å². The molecule has 1 fully saturated rings. The summed E-state index contributed by atoms with van der Waals surface area (Å²) in [7, 11) is -3.51. The summed E-state index contributed by atoms with van der Waals surface area (Å²) >= 11 is 5.75. The highest BCUT2D eigenvalue weighted by molar-refractivity contribution is 7.89. The Morgan fingerprint density at radius 3 is 2.80 bits per heavy atom. The lowest BCUT2D eigenvalue weighted by Crippen LogP contribution is -2.44. The van der Waals surface area contributed by atoms with Gasteiger partial charge in [-0.25, -0.2) is 13.1 Å². The second kappa shape index (κ2) is 7.33. The van der Waals surface area contributed by atoms with Crippen LogP contribution in [0, 0.1) is 0 Å². The van der Waals surface area contributed by atoms with Crippen LogP contribution in [0.2, 0.25) is 5.02 Å². The maximum atomic E-state index is 12.0. The summed E-state index contributed by atoms with van der Waals surface area (Å²) in [5, 5.41) is 3.60. The standard InChI is InChI=1S/C12H19ClN4O2S/c13-11-8-12(10-15-9-11)20(18,19)16-2-1-5-17-6-3-14-4-7-17/h8-10,14,16H,1-7H2. The Labute approximate surface area is 124 Å². The minimum Gasteiger partial charge on any atom is -0.314 e. The van der Waals surface area contributed by atoms with Gasteiger partial charge in [0.2, 0.25) is 10.0 Å². The Hall–Kier alpha value is -0.730. The summed E-state index contributed by atoms with van der Waals surface area (Å²) in [4.78, 5) is 6.21. The number of pyridine rings is 1. The second-order valence-corrected chi connectivity index (χ2v) is 6.89. The summed E-state index contributed by atoms with van der Waals surface area (Å²) in [5.41, 5.74) is 0. The molecule has 0 aliphatic carbocycles. The van der Waals surface area contributed by atoms with E-state index in [1.165, 1.54) is 18.5 Å². The predicted molar refractivity (Wildman–Crippen MR) is 78.4 cm³/mol. The number of nitrogens with one attached hydrogen (secondary N) is 2. The van der Waals surface area contributed by atoms with E-state index in [1.54, 1.807) is 0 Å². The zero-order valence-corrected chi connectivity index (χ0v) is 12.8. The van der Waals surface area contributed by atoms with Gasteiger partial charge in [-0.1, -0.05) is 11.6 Å². The van der Waals surface area contributed by atoms with Gasteiger partial charge in [0.25, 0.3) is 0 Å². The Kier molecular flexibility index (Phi) is 5.74. The molecule has 0 radical (unpaired) electrons. The average Bonchev–Trinajstić information content (AvgIpc) is 2.45. The zero-order chi connectivity index (χ0) is 14.4. The number of halogens is 1. The molecule has 2 rings (SSSR count). The third kappa shape index (κ3) is 4.68. The highest BCUT2D eigenvalue weighted by Gasteiger charge is 2.15. The summed E-state index contributed by atoms with van der Waals surface area (Å²) in [5.74, 6) is 0. The number of nitrogens with zero attached hydrogens (tertiary/aromatic N) is 2. The van der Waals surface area contributed by atoms with E-state index >= 15 is 0 Å². The van der Waals surface area contributed by atoms with Crippen molar-refractivity contribution in [2.75, 3.05) is 39.3 Å². The molecule has 112 valence electrons. The van der Waals surface area contributed by atoms with Crippen molar-refractivity contribution in [2.24, 2.45) is 0 Å². The molecule has 0 unspecified atom stereocenters. The smallest absolute Gasteiger partial charge is 0.242 e. The zero-order valence-electron chi connectivity index (χ0n) is 11.2. The first-order valence-electron chi connectivity index (χ1n) is 6.61. The molecule has 0 aromatic carbocycles. The molecule has 20 heavy (non-hydrogen) atoms. The molecule has 1 aromatic heterocycles. The first kappa shape index (κ1) is 15.7. The van der Waals surface area contributed by atoms with Crippen molar-refractivity contribution in [3.63, 3.8) is 0 Å². The van der Waals surface area contributed by atoms with E-state index in [4.69, 9.17) is 11.6 Å². The topological polar surface area (TPSA) is 74.3 Å². The molecule has 0 bridgehead atoms. The van der Waals surface area contributed by atoms with Crippen molar-refractivity contribution in [3.05, 3.63) is 23.5 Å². The van der Waals surface area contributed by atoms with E-state index in [9.17, 15) is 8.42 Å². The van der Waals surface area contributed by atoms with Gasteiger partial charge in [0, 0.05) is 45.1 Å². The normalized spacial score (nSPS) is 17.2. The van der Waals surface area contributed by atoms with Crippen molar-refractivity contribution in [3.8, 4) is 0 Å². The lowest BCUT2D eigenvalue weighted by molar-refractivity contribution is 0.239. The molecule has 1 aromatic rings. The van der Waals surface area contributed by atoms with Crippen molar-refractivity contribution in [2.45, 2.75) is 11.3 Å². The van der Waals surface area contributed by atoms with Gasteiger partial charge in [-0.05, 0) is 19.0 Å². The number of rotatable bonds is 6. The van der Waals surface area contributed by atoms with Crippen molar-refractivity contribution in [1.82, 2.24) is 19.9 Å². The molecule has 1 aliphatic rings. The van der Waals surface area contributed by atoms with Crippen LogP contribution in [0.5, 0.6) is 0 Å². The molecule has 0 saturated carbocycles. The molecule has 2 heterocycles. The van der Waals surface area contributed by atoms with Crippen LogP contribution in [0.4, 0.5) is 0 Å². The van der Waals surface area contributed by atoms with Gasteiger partial charge >= 0.3 is 0 Å². The molecule has 0 spiro atoms. The van der Waals surface area contributed by atoms with Crippen molar-refractivity contribution < 1.29 is 8.42 Å². The monoisotopic (exact) mass is 318 g/mol. The average molecular weight is 319 g/mol. The maximum Gasteiger partial charge on any atom is 0.242 e. The highest BCUT2D eigenvalue weighted by atomic mass is 35.5. The minimum absolute atomic E-state index is 0.104. The van der Waals surface area contributed by atoms with Crippen LogP contribution < -0.4 is 10.0 Å². The fourth-order valence-electron chi connectivity index (χ4n) is 2.07. The van der Waals surface area contributed by atoms with Crippen LogP contribution in [-0.4, -0.2) is 57.6 Å². The van der Waals surface area contributed by atoms with Crippen LogP contribution >= 0.6 is 11.6 Å².